The predicted molar refractivity (Wildman–Crippen MR) is 57.5 cm³/mol. The third-order valence-electron chi connectivity index (χ3n) is 2.78. The molecule has 2 rings (SSSR count). The molecule has 0 aliphatic carbocycles. The first-order chi connectivity index (χ1) is 7.31. The van der Waals surface area contributed by atoms with Gasteiger partial charge in [0, 0.05) is 18.7 Å². The van der Waals surface area contributed by atoms with E-state index in [-0.39, 0.29) is 12.5 Å². The van der Waals surface area contributed by atoms with Crippen LogP contribution in [-0.2, 0) is 6.61 Å². The van der Waals surface area contributed by atoms with Crippen LogP contribution in [0.1, 0.15) is 28.8 Å². The number of carbonyl (C=O) groups is 1. The monoisotopic (exact) mass is 205 g/mol. The molecule has 0 spiro atoms. The Morgan fingerprint density at radius 1 is 1.20 bits per heavy atom. The number of aliphatic hydroxyl groups excluding tert-OH is 1. The van der Waals surface area contributed by atoms with Crippen molar-refractivity contribution >= 4 is 5.91 Å². The summed E-state index contributed by atoms with van der Waals surface area (Å²) in [6.07, 6.45) is 2.22. The Bertz CT molecular complexity index is 339. The lowest BCUT2D eigenvalue weighted by Gasteiger charge is -2.15. The molecule has 3 nitrogen and oxygen atoms in total. The van der Waals surface area contributed by atoms with E-state index in [0.717, 1.165) is 31.5 Å². The normalized spacial score (nSPS) is 15.7. The summed E-state index contributed by atoms with van der Waals surface area (Å²) < 4.78 is 0. The summed E-state index contributed by atoms with van der Waals surface area (Å²) in [7, 11) is 0. The van der Waals surface area contributed by atoms with Crippen LogP contribution in [-0.4, -0.2) is 29.0 Å². The van der Waals surface area contributed by atoms with Gasteiger partial charge in [-0.25, -0.2) is 0 Å². The zero-order chi connectivity index (χ0) is 10.7. The van der Waals surface area contributed by atoms with Crippen LogP contribution in [0, 0.1) is 0 Å². The summed E-state index contributed by atoms with van der Waals surface area (Å²) in [5.74, 6) is 0.108. The van der Waals surface area contributed by atoms with Crippen molar-refractivity contribution < 1.29 is 9.90 Å². The summed E-state index contributed by atoms with van der Waals surface area (Å²) >= 11 is 0. The largest absolute Gasteiger partial charge is 0.392 e. The highest BCUT2D eigenvalue weighted by molar-refractivity contribution is 5.94. The van der Waals surface area contributed by atoms with Crippen molar-refractivity contribution in [1.82, 2.24) is 4.90 Å². The van der Waals surface area contributed by atoms with E-state index in [0.29, 0.717) is 5.56 Å². The summed E-state index contributed by atoms with van der Waals surface area (Å²) in [5.41, 5.74) is 1.56. The molecule has 1 fully saturated rings. The first-order valence-corrected chi connectivity index (χ1v) is 5.30. The molecule has 1 aromatic carbocycles. The maximum atomic E-state index is 11.9. The molecule has 1 aromatic rings. The van der Waals surface area contributed by atoms with Crippen molar-refractivity contribution in [1.29, 1.82) is 0 Å². The summed E-state index contributed by atoms with van der Waals surface area (Å²) in [6.45, 7) is 1.78. The van der Waals surface area contributed by atoms with E-state index in [1.54, 1.807) is 24.3 Å². The van der Waals surface area contributed by atoms with Crippen LogP contribution in [0.15, 0.2) is 24.3 Å². The van der Waals surface area contributed by atoms with Crippen LogP contribution in [0.3, 0.4) is 0 Å². The maximum Gasteiger partial charge on any atom is 0.253 e. The van der Waals surface area contributed by atoms with Gasteiger partial charge in [-0.15, -0.1) is 0 Å². The first-order valence-electron chi connectivity index (χ1n) is 5.30. The first kappa shape index (κ1) is 10.2. The van der Waals surface area contributed by atoms with Gasteiger partial charge in [-0.3, -0.25) is 4.79 Å². The third kappa shape index (κ3) is 2.18. The van der Waals surface area contributed by atoms with E-state index < -0.39 is 0 Å². The van der Waals surface area contributed by atoms with Gasteiger partial charge in [-0.05, 0) is 30.5 Å². The molecule has 1 N–H and O–H groups in total. The van der Waals surface area contributed by atoms with Crippen molar-refractivity contribution in [2.75, 3.05) is 13.1 Å². The Balaban J connectivity index is 2.11. The van der Waals surface area contributed by atoms with Gasteiger partial charge in [0.1, 0.15) is 0 Å². The van der Waals surface area contributed by atoms with Crippen LogP contribution >= 0.6 is 0 Å². The molecule has 15 heavy (non-hydrogen) atoms. The Kier molecular flexibility index (Phi) is 3.02. The van der Waals surface area contributed by atoms with E-state index >= 15 is 0 Å². The smallest absolute Gasteiger partial charge is 0.253 e. The molecule has 1 saturated heterocycles. The van der Waals surface area contributed by atoms with E-state index in [9.17, 15) is 4.79 Å². The minimum atomic E-state index is 0.0260. The topological polar surface area (TPSA) is 40.5 Å². The average molecular weight is 205 g/mol. The standard InChI is InChI=1S/C12H15NO2/c14-9-10-3-5-11(6-4-10)12(15)13-7-1-2-8-13/h3-6,14H,1-2,7-9H2. The quantitative estimate of drug-likeness (QED) is 0.793. The van der Waals surface area contributed by atoms with Crippen molar-refractivity contribution in [2.45, 2.75) is 19.4 Å². The fraction of sp³-hybridized carbons (Fsp3) is 0.417. The Morgan fingerprint density at radius 2 is 1.80 bits per heavy atom. The molecule has 0 saturated carbocycles. The van der Waals surface area contributed by atoms with Crippen LogP contribution in [0.4, 0.5) is 0 Å². The molecule has 1 aliphatic heterocycles. The molecule has 3 heteroatoms. The minimum Gasteiger partial charge on any atom is -0.392 e. The number of hydrogen-bond acceptors (Lipinski definition) is 2. The van der Waals surface area contributed by atoms with Crippen LogP contribution in [0.5, 0.6) is 0 Å². The number of rotatable bonds is 2. The molecule has 1 heterocycles. The molecule has 0 unspecified atom stereocenters. The summed E-state index contributed by atoms with van der Waals surface area (Å²) in [6, 6.07) is 7.16. The molecule has 0 atom stereocenters. The van der Waals surface area contributed by atoms with Gasteiger partial charge < -0.3 is 10.0 Å². The van der Waals surface area contributed by atoms with E-state index in [4.69, 9.17) is 5.11 Å². The lowest BCUT2D eigenvalue weighted by molar-refractivity contribution is 0.0792. The molecular formula is C12H15NO2. The number of likely N-dealkylation sites (tertiary alicyclic amines) is 1. The summed E-state index contributed by atoms with van der Waals surface area (Å²) in [5, 5.41) is 8.88. The van der Waals surface area contributed by atoms with Crippen LogP contribution in [0.25, 0.3) is 0 Å². The highest BCUT2D eigenvalue weighted by Gasteiger charge is 2.18. The lowest BCUT2D eigenvalue weighted by Crippen LogP contribution is -2.27. The zero-order valence-corrected chi connectivity index (χ0v) is 8.65. The average Bonchev–Trinajstić information content (AvgIpc) is 2.82. The number of carbonyl (C=O) groups excluding carboxylic acids is 1. The Morgan fingerprint density at radius 3 is 2.33 bits per heavy atom. The Labute approximate surface area is 89.3 Å². The maximum absolute atomic E-state index is 11.9. The van der Waals surface area contributed by atoms with E-state index in [1.165, 1.54) is 0 Å². The van der Waals surface area contributed by atoms with E-state index in [1.807, 2.05) is 4.90 Å². The number of amides is 1. The SMILES string of the molecule is O=C(c1ccc(CO)cc1)N1CCCC1. The van der Waals surface area contributed by atoms with Crippen molar-refractivity contribution in [3.05, 3.63) is 35.4 Å². The second kappa shape index (κ2) is 4.45. The third-order valence-corrected chi connectivity index (χ3v) is 2.78. The predicted octanol–water partition coefficient (Wildman–Crippen LogP) is 1.41. The van der Waals surface area contributed by atoms with Crippen LogP contribution in [0.2, 0.25) is 0 Å². The number of hydrogen-bond donors (Lipinski definition) is 1. The van der Waals surface area contributed by atoms with Gasteiger partial charge in [-0.1, -0.05) is 12.1 Å². The number of benzene rings is 1. The summed E-state index contributed by atoms with van der Waals surface area (Å²) in [4.78, 5) is 13.8. The number of nitrogens with zero attached hydrogens (tertiary/aromatic N) is 1. The second-order valence-electron chi connectivity index (χ2n) is 3.85. The number of aliphatic hydroxyl groups is 1. The lowest BCUT2D eigenvalue weighted by atomic mass is 10.1. The molecule has 1 aliphatic rings. The van der Waals surface area contributed by atoms with Gasteiger partial charge in [-0.2, -0.15) is 0 Å². The van der Waals surface area contributed by atoms with Gasteiger partial charge in [0.05, 0.1) is 6.61 Å². The second-order valence-corrected chi connectivity index (χ2v) is 3.85. The van der Waals surface area contributed by atoms with Crippen molar-refractivity contribution in [2.24, 2.45) is 0 Å². The molecule has 80 valence electrons. The van der Waals surface area contributed by atoms with Crippen LogP contribution < -0.4 is 0 Å². The molecule has 0 bridgehead atoms. The fourth-order valence-electron chi connectivity index (χ4n) is 1.86. The molecule has 1 amide bonds. The van der Waals surface area contributed by atoms with Gasteiger partial charge >= 0.3 is 0 Å². The van der Waals surface area contributed by atoms with Gasteiger partial charge in [0.15, 0.2) is 0 Å². The highest BCUT2D eigenvalue weighted by Crippen LogP contribution is 2.13. The molecule has 0 aromatic heterocycles. The minimum absolute atomic E-state index is 0.0260. The molecular weight excluding hydrogens is 190 g/mol. The van der Waals surface area contributed by atoms with Gasteiger partial charge in [0.25, 0.3) is 5.91 Å². The molecule has 0 radical (unpaired) electrons. The van der Waals surface area contributed by atoms with Gasteiger partial charge in [0.2, 0.25) is 0 Å². The van der Waals surface area contributed by atoms with Crippen molar-refractivity contribution in [3.8, 4) is 0 Å². The Hall–Kier alpha value is -1.35. The van der Waals surface area contributed by atoms with E-state index in [2.05, 4.69) is 0 Å². The fourth-order valence-corrected chi connectivity index (χ4v) is 1.86. The highest BCUT2D eigenvalue weighted by atomic mass is 16.3. The van der Waals surface area contributed by atoms with Crippen molar-refractivity contribution in [3.63, 3.8) is 0 Å². The zero-order valence-electron chi connectivity index (χ0n) is 8.65.